The molecule has 0 radical (unpaired) electrons. The molecule has 0 unspecified atom stereocenters. The summed E-state index contributed by atoms with van der Waals surface area (Å²) in [6.07, 6.45) is -0.531. The molecule has 0 aromatic carbocycles. The third-order valence-electron chi connectivity index (χ3n) is 0.593. The molecular formula is C4H7NO4. The maximum Gasteiger partial charge on any atom is 0.310 e. The zero-order valence-electron chi connectivity index (χ0n) is 4.66. The number of carboxylic acid groups (broad SMARTS) is 1. The quantitative estimate of drug-likeness (QED) is 0.376. The van der Waals surface area contributed by atoms with Gasteiger partial charge in [0, 0.05) is 0 Å². The van der Waals surface area contributed by atoms with Crippen molar-refractivity contribution in [2.24, 2.45) is 5.90 Å². The number of hydrogen-bond donors (Lipinski definition) is 2. The lowest BCUT2D eigenvalue weighted by atomic mass is 10.3. The van der Waals surface area contributed by atoms with E-state index in [1.807, 2.05) is 0 Å². The van der Waals surface area contributed by atoms with E-state index in [4.69, 9.17) is 5.11 Å². The molecule has 0 rings (SSSR count). The van der Waals surface area contributed by atoms with Crippen molar-refractivity contribution in [1.82, 2.24) is 0 Å². The molecule has 0 aromatic heterocycles. The number of carbonyl (C=O) groups is 2. The van der Waals surface area contributed by atoms with Crippen LogP contribution in [0.3, 0.4) is 0 Å². The van der Waals surface area contributed by atoms with Crippen LogP contribution in [0.4, 0.5) is 0 Å². The van der Waals surface area contributed by atoms with Crippen LogP contribution in [0.2, 0.25) is 0 Å². The van der Waals surface area contributed by atoms with E-state index in [-0.39, 0.29) is 6.61 Å². The number of carbonyl (C=O) groups excluding carboxylic acids is 1. The van der Waals surface area contributed by atoms with E-state index in [9.17, 15) is 9.59 Å². The van der Waals surface area contributed by atoms with Crippen molar-refractivity contribution in [2.45, 2.75) is 6.42 Å². The lowest BCUT2D eigenvalue weighted by Gasteiger charge is -1.91. The molecule has 0 aliphatic rings. The van der Waals surface area contributed by atoms with E-state index < -0.39 is 18.2 Å². The molecule has 0 aliphatic carbocycles. The van der Waals surface area contributed by atoms with Crippen molar-refractivity contribution >= 4 is 11.8 Å². The highest BCUT2D eigenvalue weighted by Gasteiger charge is 2.05. The Balaban J connectivity index is 3.39. The molecule has 0 spiro atoms. The van der Waals surface area contributed by atoms with Crippen LogP contribution in [0.1, 0.15) is 6.42 Å². The number of Topliss-reactive ketones (excluding diaryl/α,β-unsaturated/α-hetero) is 1. The standard InChI is InChI=1S/C4H7NO4/c5-9-2-3(6)1-4(7)8/h1-2,5H2,(H,7,8). The smallest absolute Gasteiger partial charge is 0.310 e. The van der Waals surface area contributed by atoms with Crippen LogP contribution in [0, 0.1) is 0 Å². The van der Waals surface area contributed by atoms with Gasteiger partial charge in [-0.2, -0.15) is 0 Å². The first kappa shape index (κ1) is 8.06. The molecular weight excluding hydrogens is 126 g/mol. The van der Waals surface area contributed by atoms with E-state index in [2.05, 4.69) is 10.7 Å². The van der Waals surface area contributed by atoms with E-state index in [1.165, 1.54) is 0 Å². The molecule has 0 bridgehead atoms. The minimum atomic E-state index is -1.17. The highest BCUT2D eigenvalue weighted by atomic mass is 16.6. The zero-order chi connectivity index (χ0) is 7.28. The summed E-state index contributed by atoms with van der Waals surface area (Å²) in [5.41, 5.74) is 0. The van der Waals surface area contributed by atoms with Gasteiger partial charge in [0.05, 0.1) is 0 Å². The Morgan fingerprint density at radius 3 is 2.44 bits per heavy atom. The van der Waals surface area contributed by atoms with Crippen LogP contribution in [0.15, 0.2) is 0 Å². The Kier molecular flexibility index (Phi) is 3.57. The minimum Gasteiger partial charge on any atom is -0.481 e. The fourth-order valence-corrected chi connectivity index (χ4v) is 0.313. The Labute approximate surface area is 51.4 Å². The van der Waals surface area contributed by atoms with Crippen LogP contribution >= 0.6 is 0 Å². The highest BCUT2D eigenvalue weighted by molar-refractivity contribution is 5.95. The van der Waals surface area contributed by atoms with Crippen molar-refractivity contribution in [3.63, 3.8) is 0 Å². The zero-order valence-corrected chi connectivity index (χ0v) is 4.66. The predicted octanol–water partition coefficient (Wildman–Crippen LogP) is -1.08. The molecule has 5 heteroatoms. The Bertz CT molecular complexity index is 122. The van der Waals surface area contributed by atoms with Gasteiger partial charge in [-0.3, -0.25) is 14.4 Å². The lowest BCUT2D eigenvalue weighted by Crippen LogP contribution is -2.15. The molecule has 0 saturated heterocycles. The summed E-state index contributed by atoms with van der Waals surface area (Å²) in [4.78, 5) is 23.9. The first-order valence-corrected chi connectivity index (χ1v) is 2.22. The van der Waals surface area contributed by atoms with Gasteiger partial charge in [-0.05, 0) is 0 Å². The number of carboxylic acids is 1. The Hall–Kier alpha value is -0.940. The number of ketones is 1. The molecule has 52 valence electrons. The summed E-state index contributed by atoms with van der Waals surface area (Å²) in [5, 5.41) is 7.99. The van der Waals surface area contributed by atoms with Gasteiger partial charge in [0.2, 0.25) is 0 Å². The number of hydrogen-bond acceptors (Lipinski definition) is 4. The normalized spacial score (nSPS) is 9.00. The Morgan fingerprint density at radius 2 is 2.11 bits per heavy atom. The molecule has 0 heterocycles. The molecule has 0 fully saturated rings. The number of nitrogens with two attached hydrogens (primary N) is 1. The van der Waals surface area contributed by atoms with Gasteiger partial charge in [0.15, 0.2) is 5.78 Å². The Morgan fingerprint density at radius 1 is 1.56 bits per heavy atom. The average molecular weight is 133 g/mol. The van der Waals surface area contributed by atoms with Crippen molar-refractivity contribution in [1.29, 1.82) is 0 Å². The molecule has 9 heavy (non-hydrogen) atoms. The lowest BCUT2D eigenvalue weighted by molar-refractivity contribution is -0.141. The molecule has 0 aromatic rings. The van der Waals surface area contributed by atoms with E-state index in [0.29, 0.717) is 0 Å². The monoisotopic (exact) mass is 133 g/mol. The fraction of sp³-hybridized carbons (Fsp3) is 0.500. The third kappa shape index (κ3) is 4.92. The van der Waals surface area contributed by atoms with Crippen LogP contribution in [-0.4, -0.2) is 23.5 Å². The maximum atomic E-state index is 10.3. The summed E-state index contributed by atoms with van der Waals surface area (Å²) in [6, 6.07) is 0. The van der Waals surface area contributed by atoms with Crippen molar-refractivity contribution in [3.05, 3.63) is 0 Å². The molecule has 0 amide bonds. The first-order chi connectivity index (χ1) is 4.16. The van der Waals surface area contributed by atoms with Gasteiger partial charge in [-0.25, -0.2) is 5.90 Å². The van der Waals surface area contributed by atoms with Gasteiger partial charge in [-0.15, -0.1) is 0 Å². The van der Waals surface area contributed by atoms with Crippen molar-refractivity contribution in [2.75, 3.05) is 6.61 Å². The molecule has 0 atom stereocenters. The van der Waals surface area contributed by atoms with Crippen LogP contribution in [0.5, 0.6) is 0 Å². The van der Waals surface area contributed by atoms with Crippen LogP contribution in [-0.2, 0) is 14.4 Å². The second-order valence-electron chi connectivity index (χ2n) is 1.42. The summed E-state index contributed by atoms with van der Waals surface area (Å²) < 4.78 is 0. The fourth-order valence-electron chi connectivity index (χ4n) is 0.313. The average Bonchev–Trinajstić information content (AvgIpc) is 1.63. The molecule has 3 N–H and O–H groups in total. The second kappa shape index (κ2) is 3.99. The third-order valence-corrected chi connectivity index (χ3v) is 0.593. The minimum absolute atomic E-state index is 0.341. The first-order valence-electron chi connectivity index (χ1n) is 2.22. The maximum absolute atomic E-state index is 10.3. The number of rotatable bonds is 4. The van der Waals surface area contributed by atoms with Crippen molar-refractivity contribution < 1.29 is 19.5 Å². The predicted molar refractivity (Wildman–Crippen MR) is 27.4 cm³/mol. The molecule has 0 saturated carbocycles. The summed E-state index contributed by atoms with van der Waals surface area (Å²) in [6.45, 7) is -0.341. The second-order valence-corrected chi connectivity index (χ2v) is 1.42. The van der Waals surface area contributed by atoms with Gasteiger partial charge in [0.25, 0.3) is 0 Å². The summed E-state index contributed by atoms with van der Waals surface area (Å²) in [5.74, 6) is 2.78. The topological polar surface area (TPSA) is 89.6 Å². The van der Waals surface area contributed by atoms with Gasteiger partial charge in [-0.1, -0.05) is 0 Å². The van der Waals surface area contributed by atoms with E-state index >= 15 is 0 Å². The molecule has 5 nitrogen and oxygen atoms in total. The number of aliphatic carboxylic acids is 1. The van der Waals surface area contributed by atoms with Crippen LogP contribution in [0.25, 0.3) is 0 Å². The SMILES string of the molecule is NOCC(=O)CC(=O)O. The van der Waals surface area contributed by atoms with E-state index in [1.54, 1.807) is 0 Å². The van der Waals surface area contributed by atoms with Crippen LogP contribution < -0.4 is 5.90 Å². The highest BCUT2D eigenvalue weighted by Crippen LogP contribution is 1.81. The van der Waals surface area contributed by atoms with Crippen molar-refractivity contribution in [3.8, 4) is 0 Å². The van der Waals surface area contributed by atoms with E-state index in [0.717, 1.165) is 0 Å². The van der Waals surface area contributed by atoms with Gasteiger partial charge < -0.3 is 5.11 Å². The van der Waals surface area contributed by atoms with Gasteiger partial charge in [0.1, 0.15) is 13.0 Å². The largest absolute Gasteiger partial charge is 0.481 e. The summed E-state index contributed by atoms with van der Waals surface area (Å²) in [7, 11) is 0. The summed E-state index contributed by atoms with van der Waals surface area (Å²) >= 11 is 0. The molecule has 0 aliphatic heterocycles. The van der Waals surface area contributed by atoms with Gasteiger partial charge >= 0.3 is 5.97 Å².